The minimum atomic E-state index is -0.204. The minimum absolute atomic E-state index is 0.0367. The molecule has 1 aromatic carbocycles. The zero-order valence-corrected chi connectivity index (χ0v) is 12.8. The summed E-state index contributed by atoms with van der Waals surface area (Å²) in [5, 5.41) is 2.83. The van der Waals surface area contributed by atoms with Crippen molar-refractivity contribution in [3.8, 4) is 11.6 Å². The highest BCUT2D eigenvalue weighted by atomic mass is 16.5. The predicted octanol–water partition coefficient (Wildman–Crippen LogP) is 2.47. The monoisotopic (exact) mass is 311 g/mol. The van der Waals surface area contributed by atoms with E-state index in [0.717, 1.165) is 0 Å². The van der Waals surface area contributed by atoms with E-state index in [9.17, 15) is 4.79 Å². The molecule has 118 valence electrons. The van der Waals surface area contributed by atoms with Crippen LogP contribution in [0.25, 0.3) is 11.2 Å². The van der Waals surface area contributed by atoms with Crippen LogP contribution in [-0.2, 0) is 0 Å². The fourth-order valence-corrected chi connectivity index (χ4v) is 2.09. The van der Waals surface area contributed by atoms with Gasteiger partial charge in [-0.15, -0.1) is 0 Å². The van der Waals surface area contributed by atoms with Crippen molar-refractivity contribution in [2.45, 2.75) is 19.9 Å². The number of ether oxygens (including phenoxy) is 1. The van der Waals surface area contributed by atoms with Crippen LogP contribution in [0.4, 0.5) is 5.69 Å². The van der Waals surface area contributed by atoms with Gasteiger partial charge in [0.05, 0.1) is 11.8 Å². The normalized spacial score (nSPS) is 10.9. The third-order valence-corrected chi connectivity index (χ3v) is 3.13. The van der Waals surface area contributed by atoms with Crippen LogP contribution in [0.1, 0.15) is 24.2 Å². The van der Waals surface area contributed by atoms with Crippen LogP contribution in [-0.4, -0.2) is 26.9 Å². The van der Waals surface area contributed by atoms with E-state index in [1.165, 1.54) is 6.20 Å². The number of benzene rings is 1. The summed E-state index contributed by atoms with van der Waals surface area (Å²) in [4.78, 5) is 23.7. The van der Waals surface area contributed by atoms with Gasteiger partial charge >= 0.3 is 0 Å². The first-order valence-corrected chi connectivity index (χ1v) is 7.21. The van der Waals surface area contributed by atoms with E-state index >= 15 is 0 Å². The molecule has 0 aliphatic rings. The van der Waals surface area contributed by atoms with E-state index in [1.54, 1.807) is 30.5 Å². The van der Waals surface area contributed by atoms with Crippen molar-refractivity contribution in [3.63, 3.8) is 0 Å². The highest BCUT2D eigenvalue weighted by molar-refractivity contribution is 6.04. The molecule has 23 heavy (non-hydrogen) atoms. The molecule has 7 heteroatoms. The van der Waals surface area contributed by atoms with Crippen LogP contribution in [0.2, 0.25) is 0 Å². The Morgan fingerprint density at radius 2 is 2.04 bits per heavy atom. The molecule has 0 spiro atoms. The Bertz CT molecular complexity index is 839. The molecule has 3 aromatic rings. The summed E-state index contributed by atoms with van der Waals surface area (Å²) >= 11 is 0. The number of H-pyrrole nitrogens is 1. The number of nitrogens with two attached hydrogens (primary N) is 1. The minimum Gasteiger partial charge on any atom is -0.437 e. The SMILES string of the molecule is CC(C)NC(=O)c1c[nH]c2ncc(Oc3ccc(N)cc3)nc12. The standard InChI is InChI=1S/C16H17N5O2/c1-9(2)20-16(22)12-7-18-15-14(12)21-13(8-19-15)23-11-5-3-10(17)4-6-11/h3-9H,17H2,1-2H3,(H,18,19)(H,20,22). The summed E-state index contributed by atoms with van der Waals surface area (Å²) in [7, 11) is 0. The molecule has 2 aromatic heterocycles. The topological polar surface area (TPSA) is 106 Å². The molecular formula is C16H17N5O2. The molecule has 1 amide bonds. The van der Waals surface area contributed by atoms with Crippen LogP contribution in [0.3, 0.4) is 0 Å². The van der Waals surface area contributed by atoms with Crippen molar-refractivity contribution < 1.29 is 9.53 Å². The molecular weight excluding hydrogens is 294 g/mol. The van der Waals surface area contributed by atoms with Gasteiger partial charge in [-0.2, -0.15) is 0 Å². The molecule has 0 aliphatic carbocycles. The summed E-state index contributed by atoms with van der Waals surface area (Å²) < 4.78 is 5.65. The second-order valence-electron chi connectivity index (χ2n) is 5.41. The Morgan fingerprint density at radius 3 is 2.74 bits per heavy atom. The van der Waals surface area contributed by atoms with Gasteiger partial charge in [0.15, 0.2) is 5.65 Å². The van der Waals surface area contributed by atoms with Gasteiger partial charge < -0.3 is 20.8 Å². The Kier molecular flexibility index (Phi) is 3.84. The molecule has 0 saturated carbocycles. The molecule has 0 atom stereocenters. The van der Waals surface area contributed by atoms with Crippen molar-refractivity contribution in [2.24, 2.45) is 0 Å². The van der Waals surface area contributed by atoms with Gasteiger partial charge in [-0.3, -0.25) is 4.79 Å². The summed E-state index contributed by atoms with van der Waals surface area (Å²) in [6, 6.07) is 6.99. The largest absolute Gasteiger partial charge is 0.437 e. The van der Waals surface area contributed by atoms with Crippen LogP contribution in [0, 0.1) is 0 Å². The lowest BCUT2D eigenvalue weighted by molar-refractivity contribution is 0.0944. The number of amides is 1. The van der Waals surface area contributed by atoms with Gasteiger partial charge in [0.25, 0.3) is 5.91 Å². The number of fused-ring (bicyclic) bond motifs is 1. The summed E-state index contributed by atoms with van der Waals surface area (Å²) in [5.74, 6) is 0.697. The molecule has 3 rings (SSSR count). The van der Waals surface area contributed by atoms with Crippen molar-refractivity contribution in [1.82, 2.24) is 20.3 Å². The van der Waals surface area contributed by atoms with Crippen molar-refractivity contribution in [1.29, 1.82) is 0 Å². The molecule has 2 heterocycles. The zero-order valence-electron chi connectivity index (χ0n) is 12.8. The Balaban J connectivity index is 1.91. The van der Waals surface area contributed by atoms with Crippen LogP contribution in [0.15, 0.2) is 36.7 Å². The second-order valence-corrected chi connectivity index (χ2v) is 5.41. The van der Waals surface area contributed by atoms with Crippen LogP contribution < -0.4 is 15.8 Å². The molecule has 0 saturated heterocycles. The number of carbonyl (C=O) groups is 1. The maximum absolute atomic E-state index is 12.2. The van der Waals surface area contributed by atoms with Gasteiger partial charge in [-0.05, 0) is 38.1 Å². The van der Waals surface area contributed by atoms with Crippen LogP contribution >= 0.6 is 0 Å². The van der Waals surface area contributed by atoms with E-state index in [2.05, 4.69) is 20.3 Å². The first kappa shape index (κ1) is 14.8. The van der Waals surface area contributed by atoms with Gasteiger partial charge in [0.1, 0.15) is 11.3 Å². The van der Waals surface area contributed by atoms with Gasteiger partial charge in [0, 0.05) is 17.9 Å². The number of aromatic nitrogens is 3. The molecule has 7 nitrogen and oxygen atoms in total. The number of anilines is 1. The third-order valence-electron chi connectivity index (χ3n) is 3.13. The Hall–Kier alpha value is -3.09. The zero-order chi connectivity index (χ0) is 16.4. The molecule has 0 aliphatic heterocycles. The third kappa shape index (κ3) is 3.23. The first-order chi connectivity index (χ1) is 11.0. The van der Waals surface area contributed by atoms with E-state index in [4.69, 9.17) is 10.5 Å². The smallest absolute Gasteiger partial charge is 0.255 e. The molecule has 0 bridgehead atoms. The molecule has 0 unspecified atom stereocenters. The predicted molar refractivity (Wildman–Crippen MR) is 87.4 cm³/mol. The molecule has 0 radical (unpaired) electrons. The Labute approximate surface area is 132 Å². The molecule has 0 fully saturated rings. The fourth-order valence-electron chi connectivity index (χ4n) is 2.09. The number of rotatable bonds is 4. The highest BCUT2D eigenvalue weighted by Crippen LogP contribution is 2.23. The molecule has 4 N–H and O–H groups in total. The number of nitrogens with one attached hydrogen (secondary N) is 2. The van der Waals surface area contributed by atoms with E-state index in [1.807, 2.05) is 13.8 Å². The van der Waals surface area contributed by atoms with E-state index in [0.29, 0.717) is 34.0 Å². The average Bonchev–Trinajstić information content (AvgIpc) is 2.92. The van der Waals surface area contributed by atoms with Gasteiger partial charge in [-0.25, -0.2) is 9.97 Å². The summed E-state index contributed by atoms with van der Waals surface area (Å²) in [5.41, 5.74) is 7.73. The number of aromatic amines is 1. The van der Waals surface area contributed by atoms with Gasteiger partial charge in [-0.1, -0.05) is 0 Å². The number of nitrogen functional groups attached to an aromatic ring is 1. The maximum Gasteiger partial charge on any atom is 0.255 e. The highest BCUT2D eigenvalue weighted by Gasteiger charge is 2.15. The van der Waals surface area contributed by atoms with E-state index in [-0.39, 0.29) is 11.9 Å². The summed E-state index contributed by atoms with van der Waals surface area (Å²) in [6.07, 6.45) is 3.09. The summed E-state index contributed by atoms with van der Waals surface area (Å²) in [6.45, 7) is 3.79. The van der Waals surface area contributed by atoms with Crippen molar-refractivity contribution in [2.75, 3.05) is 5.73 Å². The first-order valence-electron chi connectivity index (χ1n) is 7.21. The Morgan fingerprint density at radius 1 is 1.30 bits per heavy atom. The van der Waals surface area contributed by atoms with Crippen molar-refractivity contribution >= 4 is 22.8 Å². The maximum atomic E-state index is 12.2. The number of hydrogen-bond acceptors (Lipinski definition) is 5. The average molecular weight is 311 g/mol. The van der Waals surface area contributed by atoms with E-state index < -0.39 is 0 Å². The number of nitrogens with zero attached hydrogens (tertiary/aromatic N) is 2. The number of hydrogen-bond donors (Lipinski definition) is 3. The lowest BCUT2D eigenvalue weighted by atomic mass is 10.2. The lowest BCUT2D eigenvalue weighted by Gasteiger charge is -2.07. The van der Waals surface area contributed by atoms with Crippen molar-refractivity contribution in [3.05, 3.63) is 42.2 Å². The van der Waals surface area contributed by atoms with Gasteiger partial charge in [0.2, 0.25) is 5.88 Å². The second kappa shape index (κ2) is 5.96. The van der Waals surface area contributed by atoms with Crippen LogP contribution in [0.5, 0.6) is 11.6 Å². The lowest BCUT2D eigenvalue weighted by Crippen LogP contribution is -2.29. The quantitative estimate of drug-likeness (QED) is 0.642. The number of carbonyl (C=O) groups excluding carboxylic acids is 1. The fraction of sp³-hybridized carbons (Fsp3) is 0.188.